The predicted molar refractivity (Wildman–Crippen MR) is 72.8 cm³/mol. The molecule has 0 aliphatic carbocycles. The Balaban J connectivity index is 2.28. The van der Waals surface area contributed by atoms with Crippen molar-refractivity contribution in [1.29, 1.82) is 0 Å². The first-order chi connectivity index (χ1) is 9.04. The summed E-state index contributed by atoms with van der Waals surface area (Å²) in [6.07, 6.45) is -0.0483. The topological polar surface area (TPSA) is 58.6 Å². The first kappa shape index (κ1) is 13.5. The SMILES string of the molecule is CNCCC(=O)c1ccc2c(c1)N(C)C(=O)C(C)O2. The summed E-state index contributed by atoms with van der Waals surface area (Å²) in [5.41, 5.74) is 1.25. The third-order valence-electron chi connectivity index (χ3n) is 3.23. The zero-order valence-electron chi connectivity index (χ0n) is 11.4. The molecule has 102 valence electrons. The molecule has 1 heterocycles. The molecule has 1 aromatic rings. The molecule has 19 heavy (non-hydrogen) atoms. The van der Waals surface area contributed by atoms with Crippen molar-refractivity contribution in [3.05, 3.63) is 23.8 Å². The molecule has 1 atom stereocenters. The van der Waals surface area contributed by atoms with Crippen molar-refractivity contribution in [2.24, 2.45) is 0 Å². The van der Waals surface area contributed by atoms with Crippen molar-refractivity contribution >= 4 is 17.4 Å². The third-order valence-corrected chi connectivity index (χ3v) is 3.23. The van der Waals surface area contributed by atoms with Gasteiger partial charge in [0.15, 0.2) is 11.9 Å². The maximum atomic E-state index is 12.0. The van der Waals surface area contributed by atoms with Gasteiger partial charge in [-0.25, -0.2) is 0 Å². The Morgan fingerprint density at radius 3 is 2.89 bits per heavy atom. The van der Waals surface area contributed by atoms with Gasteiger partial charge in [0.05, 0.1) is 5.69 Å². The molecule has 0 saturated heterocycles. The maximum Gasteiger partial charge on any atom is 0.267 e. The average Bonchev–Trinajstić information content (AvgIpc) is 2.42. The van der Waals surface area contributed by atoms with Crippen LogP contribution in [0.25, 0.3) is 0 Å². The van der Waals surface area contributed by atoms with Crippen molar-refractivity contribution in [1.82, 2.24) is 5.32 Å². The van der Waals surface area contributed by atoms with E-state index in [1.807, 2.05) is 7.05 Å². The van der Waals surface area contributed by atoms with Crippen molar-refractivity contribution in [2.75, 3.05) is 25.5 Å². The Hall–Kier alpha value is -1.88. The smallest absolute Gasteiger partial charge is 0.267 e. The highest BCUT2D eigenvalue weighted by Crippen LogP contribution is 2.34. The van der Waals surface area contributed by atoms with Crippen LogP contribution in [0.5, 0.6) is 5.75 Å². The summed E-state index contributed by atoms with van der Waals surface area (Å²) in [6.45, 7) is 2.35. The van der Waals surface area contributed by atoms with E-state index in [1.54, 1.807) is 37.1 Å². The van der Waals surface area contributed by atoms with Crippen LogP contribution in [0.1, 0.15) is 23.7 Å². The third kappa shape index (κ3) is 2.61. The van der Waals surface area contributed by atoms with Gasteiger partial charge in [-0.15, -0.1) is 0 Å². The molecule has 0 bridgehead atoms. The highest BCUT2D eigenvalue weighted by Gasteiger charge is 2.29. The molecule has 0 saturated carbocycles. The number of nitrogens with zero attached hydrogens (tertiary/aromatic N) is 1. The van der Waals surface area contributed by atoms with Crippen molar-refractivity contribution in [3.8, 4) is 5.75 Å². The molecule has 1 amide bonds. The molecule has 1 unspecified atom stereocenters. The number of ketones is 1. The van der Waals surface area contributed by atoms with Gasteiger partial charge in [0.25, 0.3) is 5.91 Å². The molecular formula is C14H18N2O3. The quantitative estimate of drug-likeness (QED) is 0.829. The number of hydrogen-bond acceptors (Lipinski definition) is 4. The van der Waals surface area contributed by atoms with Gasteiger partial charge in [0.1, 0.15) is 5.75 Å². The van der Waals surface area contributed by atoms with E-state index in [9.17, 15) is 9.59 Å². The Kier molecular flexibility index (Phi) is 3.85. The van der Waals surface area contributed by atoms with Crippen LogP contribution in [0.3, 0.4) is 0 Å². The van der Waals surface area contributed by atoms with Gasteiger partial charge in [0, 0.05) is 25.6 Å². The van der Waals surface area contributed by atoms with Gasteiger partial charge >= 0.3 is 0 Å². The molecular weight excluding hydrogens is 244 g/mol. The van der Waals surface area contributed by atoms with E-state index in [1.165, 1.54) is 0 Å². The number of likely N-dealkylation sites (N-methyl/N-ethyl adjacent to an activating group) is 1. The number of ether oxygens (including phenoxy) is 1. The molecule has 0 radical (unpaired) electrons. The van der Waals surface area contributed by atoms with Crippen LogP contribution in [0, 0.1) is 0 Å². The zero-order chi connectivity index (χ0) is 14.0. The standard InChI is InChI=1S/C14H18N2O3/c1-9-14(18)16(3)11-8-10(4-5-13(11)19-9)12(17)6-7-15-2/h4-5,8-9,15H,6-7H2,1-3H3. The Bertz CT molecular complexity index is 513. The number of Topliss-reactive ketones (excluding diaryl/α,β-unsaturated/α-hetero) is 1. The number of anilines is 1. The van der Waals surface area contributed by atoms with Crippen LogP contribution in [0.15, 0.2) is 18.2 Å². The number of rotatable bonds is 4. The van der Waals surface area contributed by atoms with Gasteiger partial charge in [-0.1, -0.05) is 0 Å². The Morgan fingerprint density at radius 2 is 2.21 bits per heavy atom. The summed E-state index contributed by atoms with van der Waals surface area (Å²) in [5, 5.41) is 2.94. The summed E-state index contributed by atoms with van der Waals surface area (Å²) in [6, 6.07) is 5.21. The lowest BCUT2D eigenvalue weighted by molar-refractivity contribution is -0.125. The second-order valence-corrected chi connectivity index (χ2v) is 4.62. The van der Waals surface area contributed by atoms with Crippen LogP contribution in [-0.4, -0.2) is 38.4 Å². The molecule has 5 nitrogen and oxygen atoms in total. The molecule has 2 rings (SSSR count). The minimum atomic E-state index is -0.483. The number of carbonyl (C=O) groups is 2. The van der Waals surface area contributed by atoms with Crippen LogP contribution < -0.4 is 15.0 Å². The second-order valence-electron chi connectivity index (χ2n) is 4.62. The van der Waals surface area contributed by atoms with Crippen molar-refractivity contribution < 1.29 is 14.3 Å². The van der Waals surface area contributed by atoms with Crippen molar-refractivity contribution in [2.45, 2.75) is 19.4 Å². The fourth-order valence-electron chi connectivity index (χ4n) is 2.07. The average molecular weight is 262 g/mol. The first-order valence-corrected chi connectivity index (χ1v) is 6.30. The van der Waals surface area contributed by atoms with E-state index in [0.29, 0.717) is 30.0 Å². The van der Waals surface area contributed by atoms with E-state index in [0.717, 1.165) is 0 Å². The Morgan fingerprint density at radius 1 is 1.47 bits per heavy atom. The van der Waals surface area contributed by atoms with Gasteiger partial charge in [0.2, 0.25) is 0 Å². The number of nitrogens with one attached hydrogen (secondary N) is 1. The fourth-order valence-corrected chi connectivity index (χ4v) is 2.07. The summed E-state index contributed by atoms with van der Waals surface area (Å²) in [7, 11) is 3.50. The van der Waals surface area contributed by atoms with E-state index in [-0.39, 0.29) is 11.7 Å². The van der Waals surface area contributed by atoms with Crippen LogP contribution in [-0.2, 0) is 4.79 Å². The minimum Gasteiger partial charge on any atom is -0.479 e. The molecule has 5 heteroatoms. The molecule has 0 aromatic heterocycles. The van der Waals surface area contributed by atoms with Crippen LogP contribution in [0.4, 0.5) is 5.69 Å². The van der Waals surface area contributed by atoms with Crippen LogP contribution in [0.2, 0.25) is 0 Å². The number of hydrogen-bond donors (Lipinski definition) is 1. The largest absolute Gasteiger partial charge is 0.479 e. The highest BCUT2D eigenvalue weighted by atomic mass is 16.5. The lowest BCUT2D eigenvalue weighted by Gasteiger charge is -2.30. The van der Waals surface area contributed by atoms with E-state index >= 15 is 0 Å². The van der Waals surface area contributed by atoms with E-state index in [4.69, 9.17) is 4.74 Å². The van der Waals surface area contributed by atoms with Gasteiger partial charge in [-0.2, -0.15) is 0 Å². The number of carbonyl (C=O) groups excluding carboxylic acids is 2. The summed E-state index contributed by atoms with van der Waals surface area (Å²) < 4.78 is 5.52. The predicted octanol–water partition coefficient (Wildman–Crippen LogP) is 1.22. The maximum absolute atomic E-state index is 12.0. The lowest BCUT2D eigenvalue weighted by atomic mass is 10.1. The molecule has 0 spiro atoms. The molecule has 1 N–H and O–H groups in total. The van der Waals surface area contributed by atoms with Crippen LogP contribution >= 0.6 is 0 Å². The van der Waals surface area contributed by atoms with Crippen molar-refractivity contribution in [3.63, 3.8) is 0 Å². The Labute approximate surface area is 112 Å². The first-order valence-electron chi connectivity index (χ1n) is 6.30. The fraction of sp³-hybridized carbons (Fsp3) is 0.429. The highest BCUT2D eigenvalue weighted by molar-refractivity contribution is 6.02. The van der Waals surface area contributed by atoms with Gasteiger partial charge < -0.3 is 15.0 Å². The number of benzene rings is 1. The molecule has 1 aliphatic rings. The normalized spacial score (nSPS) is 17.9. The van der Waals surface area contributed by atoms with Gasteiger partial charge in [-0.05, 0) is 32.2 Å². The summed E-state index contributed by atoms with van der Waals surface area (Å²) >= 11 is 0. The molecule has 1 aromatic carbocycles. The summed E-state index contributed by atoms with van der Waals surface area (Å²) in [5.74, 6) is 0.587. The van der Waals surface area contributed by atoms with Gasteiger partial charge in [-0.3, -0.25) is 9.59 Å². The number of amides is 1. The lowest BCUT2D eigenvalue weighted by Crippen LogP contribution is -2.42. The summed E-state index contributed by atoms with van der Waals surface area (Å²) in [4.78, 5) is 25.3. The zero-order valence-corrected chi connectivity index (χ0v) is 11.4. The molecule has 1 aliphatic heterocycles. The van der Waals surface area contributed by atoms with E-state index in [2.05, 4.69) is 5.32 Å². The van der Waals surface area contributed by atoms with E-state index < -0.39 is 6.10 Å². The minimum absolute atomic E-state index is 0.0524. The monoisotopic (exact) mass is 262 g/mol. The molecule has 0 fully saturated rings. The number of fused-ring (bicyclic) bond motifs is 1. The second kappa shape index (κ2) is 5.40.